The Kier molecular flexibility index (Phi) is 9.40. The lowest BCUT2D eigenvalue weighted by molar-refractivity contribution is -0.138. The minimum absolute atomic E-state index is 0.00795. The number of rotatable bonds is 9. The minimum Gasteiger partial charge on any atom is -0.507 e. The van der Waals surface area contributed by atoms with Gasteiger partial charge in [-0.1, -0.05) is 85.1 Å². The Balaban J connectivity index is 2.33. The Hall–Kier alpha value is -3.02. The molecule has 2 aromatic rings. The molecule has 2 aromatic carbocycles. The molecule has 0 bridgehead atoms. The Morgan fingerprint density at radius 3 is 1.44 bits per heavy atom. The quantitative estimate of drug-likeness (QED) is 0.264. The van der Waals surface area contributed by atoms with E-state index in [1.165, 1.54) is 0 Å². The summed E-state index contributed by atoms with van der Waals surface area (Å²) in [5, 5.41) is 42.3. The third-order valence-corrected chi connectivity index (χ3v) is 8.06. The van der Waals surface area contributed by atoms with Crippen molar-refractivity contribution in [1.29, 1.82) is 0 Å². The first-order valence-corrected chi connectivity index (χ1v) is 14.3. The lowest BCUT2D eigenvalue weighted by atomic mass is 9.70. The molecule has 0 aliphatic heterocycles. The van der Waals surface area contributed by atoms with Crippen molar-refractivity contribution in [3.63, 3.8) is 0 Å². The van der Waals surface area contributed by atoms with Gasteiger partial charge >= 0.3 is 11.9 Å². The van der Waals surface area contributed by atoms with E-state index in [1.54, 1.807) is 0 Å². The molecule has 1 aliphatic rings. The number of aliphatic carboxylic acids is 2. The number of hydrogen-bond acceptors (Lipinski definition) is 4. The summed E-state index contributed by atoms with van der Waals surface area (Å²) >= 11 is 0. The molecular weight excluding hydrogens is 492 g/mol. The lowest BCUT2D eigenvalue weighted by Crippen LogP contribution is -2.22. The van der Waals surface area contributed by atoms with Gasteiger partial charge in [-0.15, -0.1) is 0 Å². The first-order valence-electron chi connectivity index (χ1n) is 14.3. The SMILES string of the molecule is CC(C)(C)c1cc(CCC(=O)O)cc(C(c2cc(CCC(=O)O)cc(C(C)(C)C)c2O)C2CCCCC2)c1O. The highest BCUT2D eigenvalue weighted by Gasteiger charge is 2.35. The van der Waals surface area contributed by atoms with Crippen molar-refractivity contribution in [2.75, 3.05) is 0 Å². The van der Waals surface area contributed by atoms with Gasteiger partial charge in [0, 0.05) is 29.9 Å². The smallest absolute Gasteiger partial charge is 0.303 e. The summed E-state index contributed by atoms with van der Waals surface area (Å²) in [6, 6.07) is 7.71. The normalized spacial score (nSPS) is 15.1. The van der Waals surface area contributed by atoms with Crippen molar-refractivity contribution in [2.24, 2.45) is 5.92 Å². The molecule has 6 heteroatoms. The zero-order valence-electron chi connectivity index (χ0n) is 24.4. The summed E-state index contributed by atoms with van der Waals surface area (Å²) < 4.78 is 0. The van der Waals surface area contributed by atoms with Gasteiger partial charge in [0.15, 0.2) is 0 Å². The Bertz CT molecular complexity index is 1110. The number of carbonyl (C=O) groups is 2. The summed E-state index contributed by atoms with van der Waals surface area (Å²) in [6.45, 7) is 12.2. The standard InChI is InChI=1S/C33H46O6/c1-32(2,3)25-18-20(12-14-27(34)35)16-23(30(25)38)29(22-10-8-7-9-11-22)24-17-21(13-15-28(36)37)19-26(31(24)39)33(4,5)6/h16-19,22,29,38-39H,7-15H2,1-6H3,(H,34,35)(H,36,37). The molecule has 0 radical (unpaired) electrons. The molecule has 1 aliphatic carbocycles. The fourth-order valence-corrected chi connectivity index (χ4v) is 5.99. The van der Waals surface area contributed by atoms with E-state index in [4.69, 9.17) is 0 Å². The average Bonchev–Trinajstić information content (AvgIpc) is 2.83. The molecule has 0 atom stereocenters. The maximum Gasteiger partial charge on any atom is 0.303 e. The predicted molar refractivity (Wildman–Crippen MR) is 154 cm³/mol. The van der Waals surface area contributed by atoms with Crippen molar-refractivity contribution >= 4 is 11.9 Å². The third kappa shape index (κ3) is 7.55. The second kappa shape index (κ2) is 12.0. The average molecular weight is 539 g/mol. The highest BCUT2D eigenvalue weighted by Crippen LogP contribution is 2.50. The monoisotopic (exact) mass is 538 g/mol. The minimum atomic E-state index is -0.871. The highest BCUT2D eigenvalue weighted by atomic mass is 16.4. The predicted octanol–water partition coefficient (Wildman–Crippen LogP) is 7.44. The van der Waals surface area contributed by atoms with E-state index in [0.29, 0.717) is 12.8 Å². The summed E-state index contributed by atoms with van der Waals surface area (Å²) in [5.74, 6) is -1.47. The summed E-state index contributed by atoms with van der Waals surface area (Å²) in [4.78, 5) is 22.8. The van der Waals surface area contributed by atoms with Crippen LogP contribution in [0.1, 0.15) is 126 Å². The largest absolute Gasteiger partial charge is 0.507 e. The zero-order valence-corrected chi connectivity index (χ0v) is 24.4. The number of aromatic hydroxyl groups is 2. The van der Waals surface area contributed by atoms with Crippen LogP contribution in [0.2, 0.25) is 0 Å². The molecule has 6 nitrogen and oxygen atoms in total. The number of hydrogen-bond donors (Lipinski definition) is 4. The van der Waals surface area contributed by atoms with Gasteiger partial charge in [0.2, 0.25) is 0 Å². The lowest BCUT2D eigenvalue weighted by Gasteiger charge is -2.35. The van der Waals surface area contributed by atoms with Gasteiger partial charge in [-0.3, -0.25) is 9.59 Å². The fraction of sp³-hybridized carbons (Fsp3) is 0.576. The van der Waals surface area contributed by atoms with Gasteiger partial charge in [0.05, 0.1) is 0 Å². The van der Waals surface area contributed by atoms with Gasteiger partial charge in [-0.25, -0.2) is 0 Å². The Morgan fingerprint density at radius 1 is 0.718 bits per heavy atom. The molecule has 1 saturated carbocycles. The molecular formula is C33H46O6. The van der Waals surface area contributed by atoms with E-state index in [0.717, 1.165) is 65.5 Å². The molecule has 1 fully saturated rings. The maximum atomic E-state index is 11.8. The van der Waals surface area contributed by atoms with E-state index in [9.17, 15) is 30.0 Å². The number of benzene rings is 2. The number of phenols is 2. The second-order valence-electron chi connectivity index (χ2n) is 13.3. The second-order valence-corrected chi connectivity index (χ2v) is 13.3. The summed E-state index contributed by atoms with van der Waals surface area (Å²) in [6.07, 6.45) is 5.88. The van der Waals surface area contributed by atoms with Gasteiger partial charge in [0.1, 0.15) is 11.5 Å². The van der Waals surface area contributed by atoms with Crippen molar-refractivity contribution in [1.82, 2.24) is 0 Å². The van der Waals surface area contributed by atoms with Crippen molar-refractivity contribution in [2.45, 2.75) is 116 Å². The van der Waals surface area contributed by atoms with Gasteiger partial charge in [-0.2, -0.15) is 0 Å². The molecule has 0 amide bonds. The van der Waals surface area contributed by atoms with Crippen LogP contribution in [0.3, 0.4) is 0 Å². The fourth-order valence-electron chi connectivity index (χ4n) is 5.99. The zero-order chi connectivity index (χ0) is 29.1. The van der Waals surface area contributed by atoms with E-state index in [2.05, 4.69) is 0 Å². The van der Waals surface area contributed by atoms with Crippen LogP contribution in [0.5, 0.6) is 11.5 Å². The third-order valence-electron chi connectivity index (χ3n) is 8.06. The molecule has 0 heterocycles. The van der Waals surface area contributed by atoms with Gasteiger partial charge in [0.25, 0.3) is 0 Å². The topological polar surface area (TPSA) is 115 Å². The van der Waals surface area contributed by atoms with Crippen LogP contribution >= 0.6 is 0 Å². The molecule has 214 valence electrons. The van der Waals surface area contributed by atoms with Crippen molar-refractivity contribution in [3.05, 3.63) is 57.6 Å². The first-order chi connectivity index (χ1) is 18.1. The van der Waals surface area contributed by atoms with E-state index >= 15 is 0 Å². The van der Waals surface area contributed by atoms with Crippen molar-refractivity contribution < 1.29 is 30.0 Å². The van der Waals surface area contributed by atoms with E-state index in [1.807, 2.05) is 65.8 Å². The Morgan fingerprint density at radius 2 is 1.10 bits per heavy atom. The molecule has 0 unspecified atom stereocenters. The Labute approximate surface area is 233 Å². The van der Waals surface area contributed by atoms with Crippen molar-refractivity contribution in [3.8, 4) is 11.5 Å². The summed E-state index contributed by atoms with van der Waals surface area (Å²) in [7, 11) is 0. The molecule has 3 rings (SSSR count). The van der Waals surface area contributed by atoms with Crippen LogP contribution in [0.15, 0.2) is 24.3 Å². The van der Waals surface area contributed by atoms with Crippen LogP contribution in [0.4, 0.5) is 0 Å². The van der Waals surface area contributed by atoms with E-state index < -0.39 is 11.9 Å². The van der Waals surface area contributed by atoms with Crippen LogP contribution in [-0.2, 0) is 33.3 Å². The van der Waals surface area contributed by atoms with Crippen LogP contribution in [0.25, 0.3) is 0 Å². The molecule has 0 saturated heterocycles. The number of aryl methyl sites for hydroxylation is 2. The molecule has 0 spiro atoms. The molecule has 39 heavy (non-hydrogen) atoms. The van der Waals surface area contributed by atoms with Crippen LogP contribution < -0.4 is 0 Å². The highest BCUT2D eigenvalue weighted by molar-refractivity contribution is 5.68. The van der Waals surface area contributed by atoms with Crippen LogP contribution in [-0.4, -0.2) is 32.4 Å². The number of carboxylic acid groups (broad SMARTS) is 2. The summed E-state index contributed by atoms with van der Waals surface area (Å²) in [5.41, 5.74) is 3.92. The maximum absolute atomic E-state index is 11.8. The molecule has 4 N–H and O–H groups in total. The number of phenolic OH excluding ortho intramolecular Hbond substituents is 2. The van der Waals surface area contributed by atoms with Gasteiger partial charge in [-0.05, 0) is 64.7 Å². The molecule has 0 aromatic heterocycles. The van der Waals surface area contributed by atoms with Gasteiger partial charge < -0.3 is 20.4 Å². The van der Waals surface area contributed by atoms with Crippen LogP contribution in [0, 0.1) is 5.92 Å². The first kappa shape index (κ1) is 30.5. The van der Waals surface area contributed by atoms with E-state index in [-0.39, 0.29) is 47.0 Å². The number of carboxylic acids is 2.